The van der Waals surface area contributed by atoms with Crippen molar-refractivity contribution in [3.05, 3.63) is 33.6 Å². The van der Waals surface area contributed by atoms with E-state index in [1.54, 1.807) is 12.1 Å². The highest BCUT2D eigenvalue weighted by Crippen LogP contribution is 2.33. The van der Waals surface area contributed by atoms with Gasteiger partial charge in [0, 0.05) is 41.9 Å². The number of ether oxygens (including phenoxy) is 2. The maximum Gasteiger partial charge on any atom is 0.240 e. The van der Waals surface area contributed by atoms with Crippen LogP contribution in [0.15, 0.2) is 23.6 Å². The van der Waals surface area contributed by atoms with E-state index < -0.39 is 5.79 Å². The Balaban J connectivity index is 1.32. The van der Waals surface area contributed by atoms with Crippen molar-refractivity contribution < 1.29 is 14.3 Å². The molecule has 2 aliphatic heterocycles. The van der Waals surface area contributed by atoms with Crippen LogP contribution in [0.25, 0.3) is 11.3 Å². The molecule has 1 N–H and O–H groups in total. The van der Waals surface area contributed by atoms with E-state index in [4.69, 9.17) is 32.7 Å². The Kier molecular flexibility index (Phi) is 5.68. The first-order valence-electron chi connectivity index (χ1n) is 8.74. The van der Waals surface area contributed by atoms with Crippen LogP contribution in [0.5, 0.6) is 0 Å². The average molecular weight is 428 g/mol. The van der Waals surface area contributed by atoms with Gasteiger partial charge in [0.25, 0.3) is 0 Å². The van der Waals surface area contributed by atoms with Crippen LogP contribution < -0.4 is 5.32 Å². The molecule has 1 aromatic heterocycles. The van der Waals surface area contributed by atoms with Gasteiger partial charge >= 0.3 is 0 Å². The molecule has 2 fully saturated rings. The van der Waals surface area contributed by atoms with Crippen molar-refractivity contribution in [3.8, 4) is 11.3 Å². The number of anilines is 1. The van der Waals surface area contributed by atoms with Gasteiger partial charge in [-0.05, 0) is 18.2 Å². The molecule has 0 atom stereocenters. The number of piperidine rings is 1. The molecule has 27 heavy (non-hydrogen) atoms. The summed E-state index contributed by atoms with van der Waals surface area (Å²) in [4.78, 5) is 18.9. The van der Waals surface area contributed by atoms with Gasteiger partial charge in [0.1, 0.15) is 0 Å². The highest BCUT2D eigenvalue weighted by Gasteiger charge is 2.39. The number of likely N-dealkylation sites (tertiary alicyclic amines) is 1. The van der Waals surface area contributed by atoms with Crippen LogP contribution in [-0.4, -0.2) is 54.4 Å². The van der Waals surface area contributed by atoms with Crippen LogP contribution in [-0.2, 0) is 14.3 Å². The van der Waals surface area contributed by atoms with E-state index in [1.165, 1.54) is 11.3 Å². The fraction of sp³-hybridized carbons (Fsp3) is 0.444. The number of rotatable bonds is 4. The molecule has 6 nitrogen and oxygen atoms in total. The summed E-state index contributed by atoms with van der Waals surface area (Å²) in [6.45, 7) is 3.19. The Bertz CT molecular complexity index is 829. The molecule has 3 heterocycles. The monoisotopic (exact) mass is 427 g/mol. The normalized spacial score (nSPS) is 19.5. The number of carbonyl (C=O) groups excluding carboxylic acids is 1. The summed E-state index contributed by atoms with van der Waals surface area (Å²) in [6, 6.07) is 5.26. The third-order valence-electron chi connectivity index (χ3n) is 4.76. The molecule has 144 valence electrons. The molecule has 4 rings (SSSR count). The summed E-state index contributed by atoms with van der Waals surface area (Å²) in [5.41, 5.74) is 1.50. The van der Waals surface area contributed by atoms with E-state index in [0.717, 1.165) is 31.5 Å². The molecule has 0 aliphatic carbocycles. The Morgan fingerprint density at radius 2 is 2.00 bits per heavy atom. The number of halogens is 2. The minimum Gasteiger partial charge on any atom is -0.347 e. The van der Waals surface area contributed by atoms with Gasteiger partial charge in [-0.2, -0.15) is 0 Å². The topological polar surface area (TPSA) is 63.7 Å². The maximum absolute atomic E-state index is 12.4. The Hall–Kier alpha value is -1.22. The van der Waals surface area contributed by atoms with Gasteiger partial charge in [-0.15, -0.1) is 11.3 Å². The van der Waals surface area contributed by atoms with Crippen LogP contribution in [0, 0.1) is 0 Å². The van der Waals surface area contributed by atoms with Crippen molar-refractivity contribution >= 4 is 45.6 Å². The van der Waals surface area contributed by atoms with E-state index in [9.17, 15) is 4.79 Å². The molecule has 1 amide bonds. The first kappa shape index (κ1) is 19.1. The molecular formula is C18H19Cl2N3O3S. The molecular weight excluding hydrogens is 409 g/mol. The highest BCUT2D eigenvalue weighted by atomic mass is 35.5. The van der Waals surface area contributed by atoms with Crippen molar-refractivity contribution in [3.63, 3.8) is 0 Å². The molecule has 1 aromatic carbocycles. The molecule has 0 bridgehead atoms. The summed E-state index contributed by atoms with van der Waals surface area (Å²) in [7, 11) is 0. The third-order valence-corrected chi connectivity index (χ3v) is 6.06. The van der Waals surface area contributed by atoms with Crippen molar-refractivity contribution in [1.82, 2.24) is 9.88 Å². The predicted octanol–water partition coefficient (Wildman–Crippen LogP) is 3.89. The number of nitrogens with zero attached hydrogens (tertiary/aromatic N) is 2. The zero-order chi connectivity index (χ0) is 18.9. The summed E-state index contributed by atoms with van der Waals surface area (Å²) >= 11 is 13.5. The summed E-state index contributed by atoms with van der Waals surface area (Å²) in [5, 5.41) is 6.39. The zero-order valence-corrected chi connectivity index (χ0v) is 16.9. The molecule has 1 spiro atoms. The van der Waals surface area contributed by atoms with Crippen molar-refractivity contribution in [2.45, 2.75) is 18.6 Å². The highest BCUT2D eigenvalue weighted by molar-refractivity contribution is 7.14. The average Bonchev–Trinajstić information content (AvgIpc) is 3.27. The van der Waals surface area contributed by atoms with Crippen LogP contribution in [0.3, 0.4) is 0 Å². The molecule has 0 saturated carbocycles. The largest absolute Gasteiger partial charge is 0.347 e. The zero-order valence-electron chi connectivity index (χ0n) is 14.5. The van der Waals surface area contributed by atoms with Gasteiger partial charge in [-0.3, -0.25) is 9.69 Å². The molecule has 0 radical (unpaired) electrons. The lowest BCUT2D eigenvalue weighted by Crippen LogP contribution is -2.47. The Morgan fingerprint density at radius 1 is 1.26 bits per heavy atom. The fourth-order valence-electron chi connectivity index (χ4n) is 3.35. The lowest BCUT2D eigenvalue weighted by Gasteiger charge is -2.37. The lowest BCUT2D eigenvalue weighted by atomic mass is 10.0. The summed E-state index contributed by atoms with van der Waals surface area (Å²) in [5.74, 6) is -0.503. The second kappa shape index (κ2) is 8.03. The third kappa shape index (κ3) is 4.45. The second-order valence-electron chi connectivity index (χ2n) is 6.59. The van der Waals surface area contributed by atoms with Crippen molar-refractivity contribution in [2.75, 3.05) is 38.2 Å². The Morgan fingerprint density at radius 3 is 2.70 bits per heavy atom. The van der Waals surface area contributed by atoms with E-state index in [-0.39, 0.29) is 5.91 Å². The van der Waals surface area contributed by atoms with Gasteiger partial charge in [0.05, 0.1) is 30.5 Å². The van der Waals surface area contributed by atoms with Gasteiger partial charge in [-0.25, -0.2) is 4.98 Å². The van der Waals surface area contributed by atoms with Gasteiger partial charge in [0.15, 0.2) is 10.9 Å². The second-order valence-corrected chi connectivity index (χ2v) is 8.30. The first-order valence-corrected chi connectivity index (χ1v) is 10.4. The summed E-state index contributed by atoms with van der Waals surface area (Å²) in [6.07, 6.45) is 1.58. The van der Waals surface area contributed by atoms with Crippen LogP contribution in [0.1, 0.15) is 12.8 Å². The van der Waals surface area contributed by atoms with Gasteiger partial charge in [-0.1, -0.05) is 23.2 Å². The number of amides is 1. The number of hydrogen-bond acceptors (Lipinski definition) is 6. The predicted molar refractivity (Wildman–Crippen MR) is 107 cm³/mol. The van der Waals surface area contributed by atoms with Crippen molar-refractivity contribution in [1.29, 1.82) is 0 Å². The number of aromatic nitrogens is 1. The van der Waals surface area contributed by atoms with E-state index in [1.807, 2.05) is 11.4 Å². The smallest absolute Gasteiger partial charge is 0.240 e. The van der Waals surface area contributed by atoms with Crippen molar-refractivity contribution in [2.24, 2.45) is 0 Å². The molecule has 2 aliphatic rings. The first-order chi connectivity index (χ1) is 13.0. The number of benzene rings is 1. The minimum absolute atomic E-state index is 0.0812. The SMILES string of the molecule is O=C(CN1CCC2(CC1)OCCO2)Nc1nc(-c2ccc(Cl)cc2Cl)cs1. The molecule has 9 heteroatoms. The van der Waals surface area contributed by atoms with E-state index >= 15 is 0 Å². The van der Waals surface area contributed by atoms with Gasteiger partial charge < -0.3 is 14.8 Å². The quantitative estimate of drug-likeness (QED) is 0.801. The van der Waals surface area contributed by atoms with E-state index in [2.05, 4.69) is 15.2 Å². The minimum atomic E-state index is -0.422. The number of carbonyl (C=O) groups is 1. The molecule has 0 unspecified atom stereocenters. The number of nitrogens with one attached hydrogen (secondary N) is 1. The van der Waals surface area contributed by atoms with Crippen LogP contribution in [0.4, 0.5) is 5.13 Å². The standard InChI is InChI=1S/C18H19Cl2N3O3S/c19-12-1-2-13(14(20)9-12)15-11-27-17(21-15)22-16(24)10-23-5-3-18(4-6-23)25-7-8-26-18/h1-2,9,11H,3-8,10H2,(H,21,22,24). The number of hydrogen-bond donors (Lipinski definition) is 1. The van der Waals surface area contributed by atoms with E-state index in [0.29, 0.717) is 40.6 Å². The molecule has 2 aromatic rings. The summed E-state index contributed by atoms with van der Waals surface area (Å²) < 4.78 is 11.4. The van der Waals surface area contributed by atoms with Crippen LogP contribution >= 0.6 is 34.5 Å². The fourth-order valence-corrected chi connectivity index (χ4v) is 4.58. The Labute approximate surface area is 171 Å². The molecule has 2 saturated heterocycles. The van der Waals surface area contributed by atoms with Gasteiger partial charge in [0.2, 0.25) is 5.91 Å². The number of thiazole rings is 1. The lowest BCUT2D eigenvalue weighted by molar-refractivity contribution is -0.185. The maximum atomic E-state index is 12.4. The van der Waals surface area contributed by atoms with Crippen LogP contribution in [0.2, 0.25) is 10.0 Å².